The molecule has 4 aromatic rings. The van der Waals surface area contributed by atoms with E-state index < -0.39 is 0 Å². The van der Waals surface area contributed by atoms with Gasteiger partial charge >= 0.3 is 0 Å². The van der Waals surface area contributed by atoms with Crippen LogP contribution in [0.25, 0.3) is 28.0 Å². The minimum absolute atomic E-state index is 0.0413. The Labute approximate surface area is 140 Å². The summed E-state index contributed by atoms with van der Waals surface area (Å²) in [6.07, 6.45) is 2.01. The second-order valence-electron chi connectivity index (χ2n) is 5.94. The average molecular weight is 314 g/mol. The molecule has 0 saturated carbocycles. The van der Waals surface area contributed by atoms with Crippen molar-refractivity contribution in [2.24, 2.45) is 0 Å². The third-order valence-electron chi connectivity index (χ3n) is 4.28. The summed E-state index contributed by atoms with van der Waals surface area (Å²) in [5.74, 6) is 0. The van der Waals surface area contributed by atoms with Crippen molar-refractivity contribution in [2.45, 2.75) is 13.5 Å². The molecule has 0 aliphatic heterocycles. The Morgan fingerprint density at radius 2 is 1.50 bits per heavy atom. The monoisotopic (exact) mass is 314 g/mol. The predicted octanol–water partition coefficient (Wildman–Crippen LogP) is 4.47. The van der Waals surface area contributed by atoms with Crippen LogP contribution in [0.4, 0.5) is 0 Å². The molecule has 0 saturated heterocycles. The number of aliphatic hydroxyl groups excluding tert-OH is 1. The van der Waals surface area contributed by atoms with E-state index in [4.69, 9.17) is 4.98 Å². The summed E-state index contributed by atoms with van der Waals surface area (Å²) in [4.78, 5) is 4.70. The Hall–Kier alpha value is -2.91. The van der Waals surface area contributed by atoms with Crippen molar-refractivity contribution in [3.05, 3.63) is 84.2 Å². The van der Waals surface area contributed by atoms with E-state index in [1.165, 1.54) is 11.1 Å². The topological polar surface area (TPSA) is 37.5 Å². The number of hydrogen-bond acceptors (Lipinski definition) is 2. The van der Waals surface area contributed by atoms with Crippen molar-refractivity contribution < 1.29 is 5.11 Å². The number of aryl methyl sites for hydroxylation is 1. The van der Waals surface area contributed by atoms with Crippen molar-refractivity contribution in [1.82, 2.24) is 9.38 Å². The number of benzene rings is 2. The van der Waals surface area contributed by atoms with E-state index in [0.717, 1.165) is 28.2 Å². The predicted molar refractivity (Wildman–Crippen MR) is 96.7 cm³/mol. The maximum Gasteiger partial charge on any atom is 0.137 e. The number of aliphatic hydroxyl groups is 1. The highest BCUT2D eigenvalue weighted by Gasteiger charge is 2.13. The van der Waals surface area contributed by atoms with Crippen LogP contribution in [-0.4, -0.2) is 14.5 Å². The van der Waals surface area contributed by atoms with Gasteiger partial charge in [-0.15, -0.1) is 0 Å². The molecular formula is C21H18N2O. The van der Waals surface area contributed by atoms with E-state index in [2.05, 4.69) is 36.4 Å². The summed E-state index contributed by atoms with van der Waals surface area (Å²) < 4.78 is 1.97. The summed E-state index contributed by atoms with van der Waals surface area (Å²) in [6, 6.07) is 22.6. The summed E-state index contributed by atoms with van der Waals surface area (Å²) >= 11 is 0. The fourth-order valence-electron chi connectivity index (χ4n) is 3.03. The average Bonchev–Trinajstić information content (AvgIpc) is 3.00. The van der Waals surface area contributed by atoms with Crippen molar-refractivity contribution in [1.29, 1.82) is 0 Å². The smallest absolute Gasteiger partial charge is 0.137 e. The van der Waals surface area contributed by atoms with Crippen LogP contribution < -0.4 is 0 Å². The number of rotatable bonds is 3. The van der Waals surface area contributed by atoms with Crippen LogP contribution in [0, 0.1) is 6.92 Å². The standard InChI is InChI=1S/C21H18N2O/c1-15-7-12-20-22-21(19(14-24)23(20)13-15)18-10-8-17(9-11-18)16-5-3-2-4-6-16/h2-13,24H,14H2,1H3. The van der Waals surface area contributed by atoms with Gasteiger partial charge < -0.3 is 9.51 Å². The van der Waals surface area contributed by atoms with Crippen LogP contribution in [0.5, 0.6) is 0 Å². The second-order valence-corrected chi connectivity index (χ2v) is 5.94. The molecule has 0 bridgehead atoms. The molecule has 2 heterocycles. The van der Waals surface area contributed by atoms with E-state index in [-0.39, 0.29) is 6.61 Å². The van der Waals surface area contributed by atoms with Gasteiger partial charge in [0.05, 0.1) is 18.0 Å². The number of nitrogens with zero attached hydrogens (tertiary/aromatic N) is 2. The molecule has 118 valence electrons. The molecule has 0 spiro atoms. The van der Waals surface area contributed by atoms with Gasteiger partial charge in [0.1, 0.15) is 5.65 Å². The van der Waals surface area contributed by atoms with Crippen LogP contribution in [0.1, 0.15) is 11.3 Å². The summed E-state index contributed by atoms with van der Waals surface area (Å²) in [5, 5.41) is 9.83. The number of hydrogen-bond donors (Lipinski definition) is 1. The van der Waals surface area contributed by atoms with E-state index in [1.54, 1.807) is 0 Å². The van der Waals surface area contributed by atoms with E-state index >= 15 is 0 Å². The van der Waals surface area contributed by atoms with Gasteiger partial charge in [-0.05, 0) is 29.7 Å². The lowest BCUT2D eigenvalue weighted by molar-refractivity contribution is 0.276. The molecule has 24 heavy (non-hydrogen) atoms. The minimum atomic E-state index is -0.0413. The minimum Gasteiger partial charge on any atom is -0.390 e. The molecular weight excluding hydrogens is 296 g/mol. The molecule has 0 radical (unpaired) electrons. The van der Waals surface area contributed by atoms with Gasteiger partial charge in [0.15, 0.2) is 0 Å². The highest BCUT2D eigenvalue weighted by atomic mass is 16.3. The second kappa shape index (κ2) is 5.95. The zero-order chi connectivity index (χ0) is 16.5. The van der Waals surface area contributed by atoms with Gasteiger partial charge in [-0.3, -0.25) is 0 Å². The van der Waals surface area contributed by atoms with Gasteiger partial charge in [0.2, 0.25) is 0 Å². The maximum atomic E-state index is 9.83. The molecule has 0 unspecified atom stereocenters. The van der Waals surface area contributed by atoms with E-state index in [1.807, 2.05) is 47.9 Å². The van der Waals surface area contributed by atoms with Crippen molar-refractivity contribution in [3.8, 4) is 22.4 Å². The third-order valence-corrected chi connectivity index (χ3v) is 4.28. The SMILES string of the molecule is Cc1ccc2nc(-c3ccc(-c4ccccc4)cc3)c(CO)n2c1. The number of imidazole rings is 1. The van der Waals surface area contributed by atoms with Gasteiger partial charge in [0.25, 0.3) is 0 Å². The van der Waals surface area contributed by atoms with Crippen LogP contribution in [0.2, 0.25) is 0 Å². The zero-order valence-electron chi connectivity index (χ0n) is 13.5. The molecule has 1 N–H and O–H groups in total. The van der Waals surface area contributed by atoms with E-state index in [9.17, 15) is 5.11 Å². The van der Waals surface area contributed by atoms with Gasteiger partial charge in [-0.25, -0.2) is 4.98 Å². The fourth-order valence-corrected chi connectivity index (χ4v) is 3.03. The highest BCUT2D eigenvalue weighted by molar-refractivity contribution is 5.71. The quantitative estimate of drug-likeness (QED) is 0.606. The first kappa shape index (κ1) is 14.7. The Bertz CT molecular complexity index is 986. The molecule has 2 aromatic heterocycles. The first-order valence-electron chi connectivity index (χ1n) is 8.00. The van der Waals surface area contributed by atoms with Crippen molar-refractivity contribution in [2.75, 3.05) is 0 Å². The maximum absolute atomic E-state index is 9.83. The first-order valence-corrected chi connectivity index (χ1v) is 8.00. The van der Waals surface area contributed by atoms with Crippen LogP contribution in [0.3, 0.4) is 0 Å². The van der Waals surface area contributed by atoms with Crippen LogP contribution in [0.15, 0.2) is 72.9 Å². The first-order chi connectivity index (χ1) is 11.8. The fraction of sp³-hybridized carbons (Fsp3) is 0.0952. The van der Waals surface area contributed by atoms with Crippen LogP contribution in [-0.2, 0) is 6.61 Å². The van der Waals surface area contributed by atoms with Gasteiger partial charge in [-0.2, -0.15) is 0 Å². The molecule has 3 nitrogen and oxygen atoms in total. The molecule has 0 fully saturated rings. The van der Waals surface area contributed by atoms with Crippen LogP contribution >= 0.6 is 0 Å². The Morgan fingerprint density at radius 1 is 0.833 bits per heavy atom. The number of aromatic nitrogens is 2. The normalized spacial score (nSPS) is 11.1. The Kier molecular flexibility index (Phi) is 3.63. The summed E-state index contributed by atoms with van der Waals surface area (Å²) in [7, 11) is 0. The Morgan fingerprint density at radius 3 is 2.21 bits per heavy atom. The summed E-state index contributed by atoms with van der Waals surface area (Å²) in [6.45, 7) is 2.00. The number of pyridine rings is 1. The lowest BCUT2D eigenvalue weighted by Gasteiger charge is -2.05. The molecule has 0 atom stereocenters. The molecule has 0 aliphatic carbocycles. The zero-order valence-corrected chi connectivity index (χ0v) is 13.5. The van der Waals surface area contributed by atoms with Gasteiger partial charge in [0, 0.05) is 11.8 Å². The van der Waals surface area contributed by atoms with E-state index in [0.29, 0.717) is 0 Å². The lowest BCUT2D eigenvalue weighted by Crippen LogP contribution is -1.94. The highest BCUT2D eigenvalue weighted by Crippen LogP contribution is 2.27. The molecule has 2 aromatic carbocycles. The molecule has 0 amide bonds. The number of fused-ring (bicyclic) bond motifs is 1. The van der Waals surface area contributed by atoms with Gasteiger partial charge in [-0.1, -0.05) is 60.7 Å². The van der Waals surface area contributed by atoms with Crippen molar-refractivity contribution >= 4 is 5.65 Å². The molecule has 4 rings (SSSR count). The molecule has 3 heteroatoms. The lowest BCUT2D eigenvalue weighted by atomic mass is 10.0. The third kappa shape index (κ3) is 2.49. The largest absolute Gasteiger partial charge is 0.390 e. The summed E-state index contributed by atoms with van der Waals surface area (Å²) in [5.41, 5.74) is 7.03. The molecule has 0 aliphatic rings. The Balaban J connectivity index is 1.80. The van der Waals surface area contributed by atoms with Crippen molar-refractivity contribution in [3.63, 3.8) is 0 Å².